The quantitative estimate of drug-likeness (QED) is 0.164. The van der Waals surface area contributed by atoms with Gasteiger partial charge in [0.05, 0.1) is 5.69 Å². The smallest absolute Gasteiger partial charge is 0.234 e. The highest BCUT2D eigenvalue weighted by atomic mass is 31.2. The number of anilines is 2. The molecule has 0 amide bonds. The van der Waals surface area contributed by atoms with Gasteiger partial charge in [0.2, 0.25) is 7.29 Å². The molecular formula is C45H31N4OP. The van der Waals surface area contributed by atoms with E-state index in [-0.39, 0.29) is 0 Å². The van der Waals surface area contributed by atoms with Crippen LogP contribution in [0.15, 0.2) is 188 Å². The summed E-state index contributed by atoms with van der Waals surface area (Å²) in [6, 6.07) is 62.8. The van der Waals surface area contributed by atoms with Crippen molar-refractivity contribution in [2.24, 2.45) is 0 Å². The molecule has 5 nitrogen and oxygen atoms in total. The minimum absolute atomic E-state index is 0.548. The third-order valence-corrected chi connectivity index (χ3v) is 12.3. The maximum absolute atomic E-state index is 16.1. The highest BCUT2D eigenvalue weighted by Gasteiger charge is 2.43. The highest BCUT2D eigenvalue weighted by Crippen LogP contribution is 2.61. The lowest BCUT2D eigenvalue weighted by molar-refractivity contribution is 0.587. The van der Waals surface area contributed by atoms with Gasteiger partial charge >= 0.3 is 0 Å². The number of hydrogen-bond donors (Lipinski definition) is 0. The first kappa shape index (κ1) is 30.6. The molecule has 1 aliphatic heterocycles. The Morgan fingerprint density at radius 1 is 0.392 bits per heavy atom. The molecule has 2 heterocycles. The molecule has 1 aromatic heterocycles. The van der Waals surface area contributed by atoms with Gasteiger partial charge in [-0.15, -0.1) is 0 Å². The van der Waals surface area contributed by atoms with Crippen LogP contribution in [0.5, 0.6) is 0 Å². The van der Waals surface area contributed by atoms with Crippen LogP contribution >= 0.6 is 7.29 Å². The molecule has 0 spiro atoms. The van der Waals surface area contributed by atoms with E-state index in [1.807, 2.05) is 140 Å². The average molecular weight is 675 g/mol. The fraction of sp³-hybridized carbons (Fsp3) is 0. The number of hydrogen-bond acceptors (Lipinski definition) is 4. The van der Waals surface area contributed by atoms with Gasteiger partial charge < -0.3 is 0 Å². The van der Waals surface area contributed by atoms with Crippen LogP contribution in [0.1, 0.15) is 0 Å². The van der Waals surface area contributed by atoms with Gasteiger partial charge in [-0.3, -0.25) is 9.24 Å². The van der Waals surface area contributed by atoms with Gasteiger partial charge in [-0.05, 0) is 65.2 Å². The van der Waals surface area contributed by atoms with E-state index in [4.69, 9.17) is 15.0 Å². The summed E-state index contributed by atoms with van der Waals surface area (Å²) in [6.07, 6.45) is 0. The lowest BCUT2D eigenvalue weighted by Crippen LogP contribution is -2.33. The molecule has 7 aromatic carbocycles. The summed E-state index contributed by atoms with van der Waals surface area (Å²) in [7, 11) is -3.45. The number of rotatable bonds is 6. The van der Waals surface area contributed by atoms with Crippen LogP contribution in [0.25, 0.3) is 56.4 Å². The number of aromatic nitrogens is 3. The van der Waals surface area contributed by atoms with E-state index in [0.29, 0.717) is 17.5 Å². The maximum Gasteiger partial charge on any atom is 0.234 e. The molecule has 0 saturated carbocycles. The van der Waals surface area contributed by atoms with Crippen molar-refractivity contribution in [1.29, 1.82) is 0 Å². The Labute approximate surface area is 297 Å². The molecule has 8 aromatic rings. The van der Waals surface area contributed by atoms with Gasteiger partial charge in [-0.1, -0.05) is 140 Å². The normalized spacial score (nSPS) is 14.8. The summed E-state index contributed by atoms with van der Waals surface area (Å²) in [6.45, 7) is 0. The van der Waals surface area contributed by atoms with Crippen LogP contribution in [-0.2, 0) is 4.57 Å². The van der Waals surface area contributed by atoms with Crippen LogP contribution < -0.4 is 15.3 Å². The number of nitrogens with zero attached hydrogens (tertiary/aromatic N) is 4. The van der Waals surface area contributed by atoms with Gasteiger partial charge in [-0.2, -0.15) is 0 Å². The van der Waals surface area contributed by atoms with Crippen LogP contribution in [0, 0.1) is 0 Å². The van der Waals surface area contributed by atoms with Gasteiger partial charge in [0, 0.05) is 38.6 Å². The fourth-order valence-electron chi connectivity index (χ4n) is 6.85. The predicted molar refractivity (Wildman–Crippen MR) is 209 cm³/mol. The first-order valence-corrected chi connectivity index (χ1v) is 18.6. The minimum atomic E-state index is -3.45. The Bertz CT molecular complexity index is 2490. The van der Waals surface area contributed by atoms with Crippen molar-refractivity contribution in [3.63, 3.8) is 0 Å². The van der Waals surface area contributed by atoms with Gasteiger partial charge in [-0.25, -0.2) is 15.0 Å². The van der Waals surface area contributed by atoms with Crippen molar-refractivity contribution < 1.29 is 4.57 Å². The molecule has 1 atom stereocenters. The summed E-state index contributed by atoms with van der Waals surface area (Å²) in [5.74, 6) is 1.73. The Morgan fingerprint density at radius 2 is 0.843 bits per heavy atom. The molecule has 6 heteroatoms. The van der Waals surface area contributed by atoms with E-state index < -0.39 is 7.29 Å². The molecule has 0 N–H and O–H groups in total. The lowest BCUT2D eigenvalue weighted by Gasteiger charge is -2.40. The monoisotopic (exact) mass is 674 g/mol. The van der Waals surface area contributed by atoms with Gasteiger partial charge in [0.1, 0.15) is 0 Å². The first-order chi connectivity index (χ1) is 25.2. The van der Waals surface area contributed by atoms with Crippen molar-refractivity contribution in [3.8, 4) is 56.4 Å². The van der Waals surface area contributed by atoms with E-state index >= 15 is 4.57 Å². The molecule has 0 saturated heterocycles. The van der Waals surface area contributed by atoms with E-state index in [9.17, 15) is 0 Å². The number of benzene rings is 7. The van der Waals surface area contributed by atoms with Crippen molar-refractivity contribution in [2.75, 3.05) is 4.67 Å². The largest absolute Gasteiger partial charge is 0.289 e. The summed E-state index contributed by atoms with van der Waals surface area (Å²) in [5.41, 5.74) is 8.43. The fourth-order valence-corrected chi connectivity index (χ4v) is 9.88. The molecule has 242 valence electrons. The predicted octanol–water partition coefficient (Wildman–Crippen LogP) is 10.6. The Kier molecular flexibility index (Phi) is 7.68. The summed E-state index contributed by atoms with van der Waals surface area (Å²) < 4.78 is 18.2. The zero-order chi connectivity index (χ0) is 34.2. The highest BCUT2D eigenvalue weighted by molar-refractivity contribution is 7.80. The summed E-state index contributed by atoms with van der Waals surface area (Å²) in [5, 5.41) is 1.53. The van der Waals surface area contributed by atoms with Crippen LogP contribution in [-0.4, -0.2) is 15.0 Å². The SMILES string of the molecule is O=P1(c2ccccc2)c2ccc(-c3nc(-c4ccccc4)nc(-c4ccccc4)n3)cc2-c2cc(-c3ccccc3)ccc2N1c1ccccc1. The van der Waals surface area contributed by atoms with E-state index in [0.717, 1.165) is 60.9 Å². The molecule has 1 unspecified atom stereocenters. The molecule has 1 aliphatic rings. The molecule has 0 radical (unpaired) electrons. The lowest BCUT2D eigenvalue weighted by atomic mass is 9.95. The molecule has 0 bridgehead atoms. The summed E-state index contributed by atoms with van der Waals surface area (Å²) in [4.78, 5) is 15.0. The zero-order valence-electron chi connectivity index (χ0n) is 27.5. The Balaban J connectivity index is 1.31. The second-order valence-corrected chi connectivity index (χ2v) is 15.0. The number of fused-ring (bicyclic) bond motifs is 3. The van der Waals surface area contributed by atoms with Crippen LogP contribution in [0.2, 0.25) is 0 Å². The Hall–Kier alpha value is -6.42. The van der Waals surface area contributed by atoms with Gasteiger partial charge in [0.15, 0.2) is 17.5 Å². The Morgan fingerprint density at radius 3 is 1.41 bits per heavy atom. The van der Waals surface area contributed by atoms with Crippen molar-refractivity contribution in [2.45, 2.75) is 0 Å². The van der Waals surface area contributed by atoms with Crippen molar-refractivity contribution in [3.05, 3.63) is 188 Å². The molecule has 9 rings (SSSR count). The third kappa shape index (κ3) is 5.45. The zero-order valence-corrected chi connectivity index (χ0v) is 28.4. The number of para-hydroxylation sites is 1. The second-order valence-electron chi connectivity index (χ2n) is 12.4. The first-order valence-electron chi connectivity index (χ1n) is 16.9. The van der Waals surface area contributed by atoms with E-state index in [1.165, 1.54) is 0 Å². The topological polar surface area (TPSA) is 59.0 Å². The molecular weight excluding hydrogens is 643 g/mol. The molecule has 0 fully saturated rings. The molecule has 0 aliphatic carbocycles. The molecule has 51 heavy (non-hydrogen) atoms. The van der Waals surface area contributed by atoms with Crippen LogP contribution in [0.4, 0.5) is 11.4 Å². The van der Waals surface area contributed by atoms with Crippen molar-refractivity contribution >= 4 is 29.3 Å². The summed E-state index contributed by atoms with van der Waals surface area (Å²) >= 11 is 0. The van der Waals surface area contributed by atoms with Crippen LogP contribution in [0.3, 0.4) is 0 Å². The second kappa shape index (κ2) is 12.8. The van der Waals surface area contributed by atoms with Crippen molar-refractivity contribution in [1.82, 2.24) is 15.0 Å². The van der Waals surface area contributed by atoms with E-state index in [1.54, 1.807) is 0 Å². The average Bonchev–Trinajstić information content (AvgIpc) is 3.22. The maximum atomic E-state index is 16.1. The standard InChI is InChI=1S/C45H31N4OP/c50-51(38-24-14-5-15-25-38)42-29-27-36(45-47-43(33-18-8-2-9-19-33)46-44(48-45)34-20-10-3-11-21-34)31-40(42)39-30-35(32-16-6-1-7-17-32)26-28-41(39)49(51)37-22-12-4-13-23-37/h1-31H. The van der Waals surface area contributed by atoms with Gasteiger partial charge in [0.25, 0.3) is 0 Å². The van der Waals surface area contributed by atoms with E-state index in [2.05, 4.69) is 53.2 Å². The third-order valence-electron chi connectivity index (χ3n) is 9.29. The minimum Gasteiger partial charge on any atom is -0.289 e.